The molecule has 2 fully saturated rings. The van der Waals surface area contributed by atoms with E-state index in [1.807, 2.05) is 23.0 Å². The predicted octanol–water partition coefficient (Wildman–Crippen LogP) is 2.87. The van der Waals surface area contributed by atoms with Crippen LogP contribution in [0, 0.1) is 35.5 Å². The Morgan fingerprint density at radius 3 is 2.52 bits per heavy atom. The van der Waals surface area contributed by atoms with Crippen LogP contribution in [-0.4, -0.2) is 16.7 Å². The maximum Gasteiger partial charge on any atom is 0.147 e. The van der Waals surface area contributed by atoms with Crippen LogP contribution in [0.4, 0.5) is 0 Å². The molecule has 104 valence electrons. The van der Waals surface area contributed by atoms with Crippen molar-refractivity contribution in [2.75, 3.05) is 7.11 Å². The summed E-state index contributed by atoms with van der Waals surface area (Å²) in [6.45, 7) is 0. The summed E-state index contributed by atoms with van der Waals surface area (Å²) in [4.78, 5) is 0. The van der Waals surface area contributed by atoms with Crippen molar-refractivity contribution < 1.29 is 4.74 Å². The number of nitrogens with zero attached hydrogens (tertiary/aromatic N) is 2. The van der Waals surface area contributed by atoms with Crippen molar-refractivity contribution in [3.8, 4) is 29.4 Å². The lowest BCUT2D eigenvalue weighted by Gasteiger charge is -2.04. The molecule has 0 aromatic carbocycles. The molecule has 2 aliphatic rings. The fourth-order valence-electron chi connectivity index (χ4n) is 2.22. The Hall–Kier alpha value is -2.39. The van der Waals surface area contributed by atoms with E-state index in [2.05, 4.69) is 28.8 Å². The Kier molecular flexibility index (Phi) is 2.86. The van der Waals surface area contributed by atoms with Crippen LogP contribution in [0.25, 0.3) is 5.52 Å². The number of pyridine rings is 1. The largest absolute Gasteiger partial charge is 0.494 e. The third kappa shape index (κ3) is 2.60. The number of hydrogen-bond acceptors (Lipinski definition) is 2. The molecule has 3 nitrogen and oxygen atoms in total. The summed E-state index contributed by atoms with van der Waals surface area (Å²) in [5, 5.41) is 4.40. The lowest BCUT2D eigenvalue weighted by atomic mass is 10.2. The predicted molar refractivity (Wildman–Crippen MR) is 80.9 cm³/mol. The molecule has 0 aliphatic heterocycles. The second-order valence-corrected chi connectivity index (χ2v) is 5.74. The Balaban J connectivity index is 1.77. The molecule has 21 heavy (non-hydrogen) atoms. The van der Waals surface area contributed by atoms with Crippen LogP contribution in [0.3, 0.4) is 0 Å². The Bertz CT molecular complexity index is 818. The van der Waals surface area contributed by atoms with Crippen molar-refractivity contribution in [1.29, 1.82) is 0 Å². The van der Waals surface area contributed by atoms with Crippen molar-refractivity contribution >= 4 is 5.52 Å². The average molecular weight is 276 g/mol. The number of aromatic nitrogens is 2. The highest BCUT2D eigenvalue weighted by molar-refractivity contribution is 5.71. The maximum absolute atomic E-state index is 5.52. The molecule has 0 saturated heterocycles. The van der Waals surface area contributed by atoms with E-state index in [1.165, 1.54) is 25.7 Å². The zero-order chi connectivity index (χ0) is 14.2. The van der Waals surface area contributed by atoms with Crippen molar-refractivity contribution in [2.45, 2.75) is 25.7 Å². The van der Waals surface area contributed by atoms with Gasteiger partial charge < -0.3 is 4.74 Å². The number of ether oxygens (including phenoxy) is 1. The van der Waals surface area contributed by atoms with Crippen LogP contribution < -0.4 is 4.74 Å². The third-order valence-electron chi connectivity index (χ3n) is 3.78. The minimum atomic E-state index is 0.578. The summed E-state index contributed by atoms with van der Waals surface area (Å²) in [7, 11) is 1.68. The second-order valence-electron chi connectivity index (χ2n) is 5.74. The van der Waals surface area contributed by atoms with E-state index in [0.29, 0.717) is 11.8 Å². The molecule has 2 aromatic rings. The molecule has 0 bridgehead atoms. The Morgan fingerprint density at radius 2 is 1.86 bits per heavy atom. The summed E-state index contributed by atoms with van der Waals surface area (Å²) >= 11 is 0. The van der Waals surface area contributed by atoms with Gasteiger partial charge in [-0.05, 0) is 31.7 Å². The summed E-state index contributed by atoms with van der Waals surface area (Å²) in [6.07, 6.45) is 8.68. The number of methoxy groups -OCH3 is 1. The first-order valence-electron chi connectivity index (χ1n) is 7.42. The van der Waals surface area contributed by atoms with Gasteiger partial charge in [0, 0.05) is 23.6 Å². The van der Waals surface area contributed by atoms with E-state index in [-0.39, 0.29) is 0 Å². The van der Waals surface area contributed by atoms with Crippen LogP contribution in [-0.2, 0) is 0 Å². The van der Waals surface area contributed by atoms with Crippen molar-refractivity contribution in [3.05, 3.63) is 29.6 Å². The lowest BCUT2D eigenvalue weighted by molar-refractivity contribution is 0.417. The van der Waals surface area contributed by atoms with Gasteiger partial charge in [-0.1, -0.05) is 23.7 Å². The van der Waals surface area contributed by atoms with Crippen molar-refractivity contribution in [3.63, 3.8) is 0 Å². The fraction of sp³-hybridized carbons (Fsp3) is 0.389. The molecule has 0 unspecified atom stereocenters. The zero-order valence-corrected chi connectivity index (χ0v) is 12.0. The van der Waals surface area contributed by atoms with Crippen LogP contribution in [0.5, 0.6) is 5.75 Å². The number of fused-ring (bicyclic) bond motifs is 1. The molecule has 3 heteroatoms. The molecular weight excluding hydrogens is 260 g/mol. The highest BCUT2D eigenvalue weighted by atomic mass is 16.5. The second kappa shape index (κ2) is 4.86. The molecule has 0 atom stereocenters. The quantitative estimate of drug-likeness (QED) is 0.749. The summed E-state index contributed by atoms with van der Waals surface area (Å²) in [6, 6.07) is 1.98. The van der Waals surface area contributed by atoms with E-state index < -0.39 is 0 Å². The molecule has 2 aliphatic carbocycles. The highest BCUT2D eigenvalue weighted by Gasteiger charge is 2.19. The summed E-state index contributed by atoms with van der Waals surface area (Å²) in [5.74, 6) is 15.0. The normalized spacial score (nSPS) is 16.8. The van der Waals surface area contributed by atoms with Gasteiger partial charge in [0.05, 0.1) is 18.9 Å². The highest BCUT2D eigenvalue weighted by Crippen LogP contribution is 2.29. The molecule has 2 aromatic heterocycles. The van der Waals surface area contributed by atoms with Gasteiger partial charge in [-0.3, -0.25) is 0 Å². The van der Waals surface area contributed by atoms with E-state index in [1.54, 1.807) is 7.11 Å². The van der Waals surface area contributed by atoms with E-state index in [4.69, 9.17) is 4.74 Å². The zero-order valence-electron chi connectivity index (χ0n) is 12.0. The van der Waals surface area contributed by atoms with Crippen LogP contribution in [0.15, 0.2) is 18.5 Å². The van der Waals surface area contributed by atoms with E-state index in [0.717, 1.165) is 22.4 Å². The van der Waals surface area contributed by atoms with Gasteiger partial charge in [0.25, 0.3) is 0 Å². The third-order valence-corrected chi connectivity index (χ3v) is 3.78. The van der Waals surface area contributed by atoms with E-state index in [9.17, 15) is 0 Å². The number of rotatable bonds is 1. The minimum absolute atomic E-state index is 0.578. The monoisotopic (exact) mass is 276 g/mol. The molecule has 0 amide bonds. The van der Waals surface area contributed by atoms with Gasteiger partial charge in [-0.15, -0.1) is 0 Å². The smallest absolute Gasteiger partial charge is 0.147 e. The van der Waals surface area contributed by atoms with E-state index >= 15 is 0 Å². The molecule has 2 saturated carbocycles. The first-order chi connectivity index (χ1) is 10.3. The van der Waals surface area contributed by atoms with Crippen LogP contribution >= 0.6 is 0 Å². The van der Waals surface area contributed by atoms with Gasteiger partial charge in [0.15, 0.2) is 0 Å². The van der Waals surface area contributed by atoms with Gasteiger partial charge in [0.1, 0.15) is 11.3 Å². The van der Waals surface area contributed by atoms with Crippen molar-refractivity contribution in [1.82, 2.24) is 9.61 Å². The standard InChI is InChI=1S/C18H16N2O/c1-21-17-10-15(7-6-13-2-3-13)12-20-18(17)16(11-19-20)9-8-14-4-5-14/h10-14H,2-5H2,1H3. The summed E-state index contributed by atoms with van der Waals surface area (Å²) < 4.78 is 7.34. The fourth-order valence-corrected chi connectivity index (χ4v) is 2.22. The maximum atomic E-state index is 5.52. The number of hydrogen-bond donors (Lipinski definition) is 0. The minimum Gasteiger partial charge on any atom is -0.494 e. The SMILES string of the molecule is COc1cc(C#CC2CC2)cn2ncc(C#CC3CC3)c12. The Morgan fingerprint density at radius 1 is 1.14 bits per heavy atom. The molecule has 2 heterocycles. The van der Waals surface area contributed by atoms with Gasteiger partial charge in [-0.25, -0.2) is 4.52 Å². The van der Waals surface area contributed by atoms with Gasteiger partial charge >= 0.3 is 0 Å². The summed E-state index contributed by atoms with van der Waals surface area (Å²) in [5.41, 5.74) is 2.80. The van der Waals surface area contributed by atoms with Crippen molar-refractivity contribution in [2.24, 2.45) is 11.8 Å². The average Bonchev–Trinajstić information content (AvgIpc) is 3.41. The first-order valence-corrected chi connectivity index (χ1v) is 7.42. The van der Waals surface area contributed by atoms with Gasteiger partial charge in [-0.2, -0.15) is 5.10 Å². The molecule has 4 rings (SSSR count). The first kappa shape index (κ1) is 12.4. The molecular formula is C18H16N2O. The molecule has 0 N–H and O–H groups in total. The van der Waals surface area contributed by atoms with Gasteiger partial charge in [0.2, 0.25) is 0 Å². The Labute approximate surface area is 124 Å². The van der Waals surface area contributed by atoms with Crippen LogP contribution in [0.2, 0.25) is 0 Å². The topological polar surface area (TPSA) is 26.5 Å². The molecule has 0 spiro atoms. The van der Waals surface area contributed by atoms with Crippen LogP contribution in [0.1, 0.15) is 36.8 Å². The lowest BCUT2D eigenvalue weighted by Crippen LogP contribution is -1.94. The molecule has 0 radical (unpaired) electrons.